The molecule has 3 rings (SSSR count). The Morgan fingerprint density at radius 3 is 2.31 bits per heavy atom. The summed E-state index contributed by atoms with van der Waals surface area (Å²) in [5.41, 5.74) is 7.31. The number of rotatable bonds is 9. The summed E-state index contributed by atoms with van der Waals surface area (Å²) in [4.78, 5) is 11.9. The zero-order valence-corrected chi connectivity index (χ0v) is 19.8. The molecule has 7 nitrogen and oxygen atoms in total. The second-order valence-corrected chi connectivity index (χ2v) is 7.52. The number of benzene rings is 1. The molecular weight excluding hydrogens is 479 g/mol. The maximum absolute atomic E-state index is 5.98. The minimum absolute atomic E-state index is 0. The molecule has 8 heteroatoms. The number of hydrogen-bond donors (Lipinski definition) is 2. The molecule has 0 saturated carbocycles. The molecule has 1 aromatic rings. The van der Waals surface area contributed by atoms with Crippen molar-refractivity contribution in [3.05, 3.63) is 30.3 Å². The molecule has 2 aliphatic heterocycles. The lowest BCUT2D eigenvalue weighted by Crippen LogP contribution is -2.47. The van der Waals surface area contributed by atoms with Crippen LogP contribution in [0.25, 0.3) is 0 Å². The fourth-order valence-electron chi connectivity index (χ4n) is 3.76. The van der Waals surface area contributed by atoms with Crippen LogP contribution < -0.4 is 16.0 Å². The van der Waals surface area contributed by atoms with Crippen LogP contribution in [-0.2, 0) is 4.74 Å². The summed E-state index contributed by atoms with van der Waals surface area (Å²) >= 11 is 0. The Bertz CT molecular complexity index is 574. The van der Waals surface area contributed by atoms with Crippen molar-refractivity contribution in [3.8, 4) is 0 Å². The lowest BCUT2D eigenvalue weighted by Gasteiger charge is -2.36. The molecule has 0 atom stereocenters. The summed E-state index contributed by atoms with van der Waals surface area (Å²) in [6.07, 6.45) is 2.14. The van der Waals surface area contributed by atoms with Crippen LogP contribution in [0.4, 0.5) is 5.69 Å². The Labute approximate surface area is 192 Å². The maximum atomic E-state index is 5.98. The highest BCUT2D eigenvalue weighted by molar-refractivity contribution is 14.0. The van der Waals surface area contributed by atoms with Gasteiger partial charge >= 0.3 is 0 Å². The highest BCUT2D eigenvalue weighted by Gasteiger charge is 2.16. The van der Waals surface area contributed by atoms with Crippen LogP contribution in [0.3, 0.4) is 0 Å². The summed E-state index contributed by atoms with van der Waals surface area (Å²) in [6.45, 7) is 12.1. The first kappa shape index (κ1) is 24.2. The molecule has 0 bridgehead atoms. The summed E-state index contributed by atoms with van der Waals surface area (Å²) in [5.74, 6) is 0.580. The van der Waals surface area contributed by atoms with E-state index in [9.17, 15) is 0 Å². The number of morpholine rings is 1. The SMILES string of the molecule is I.NC(=NCCCN1CCOCC1)NCCCN1CCN(c2ccccc2)CC1. The molecule has 0 aliphatic carbocycles. The van der Waals surface area contributed by atoms with Gasteiger partial charge in [-0.15, -0.1) is 24.0 Å². The van der Waals surface area contributed by atoms with E-state index in [1.807, 2.05) is 0 Å². The smallest absolute Gasteiger partial charge is 0.188 e. The van der Waals surface area contributed by atoms with E-state index in [2.05, 4.69) is 55.3 Å². The van der Waals surface area contributed by atoms with Gasteiger partial charge in [-0.3, -0.25) is 14.8 Å². The molecule has 0 spiro atoms. The zero-order chi connectivity index (χ0) is 19.4. The van der Waals surface area contributed by atoms with Gasteiger partial charge in [-0.2, -0.15) is 0 Å². The van der Waals surface area contributed by atoms with E-state index < -0.39 is 0 Å². The maximum Gasteiger partial charge on any atom is 0.188 e. The normalized spacial score (nSPS) is 19.0. The molecule has 29 heavy (non-hydrogen) atoms. The number of nitrogens with zero attached hydrogens (tertiary/aromatic N) is 4. The Morgan fingerprint density at radius 2 is 1.59 bits per heavy atom. The van der Waals surface area contributed by atoms with Crippen LogP contribution in [0.2, 0.25) is 0 Å². The quantitative estimate of drug-likeness (QED) is 0.224. The van der Waals surface area contributed by atoms with E-state index in [-0.39, 0.29) is 24.0 Å². The second-order valence-electron chi connectivity index (χ2n) is 7.52. The first-order chi connectivity index (χ1) is 13.8. The van der Waals surface area contributed by atoms with E-state index in [0.717, 1.165) is 91.5 Å². The molecule has 3 N–H and O–H groups in total. The lowest BCUT2D eigenvalue weighted by atomic mass is 10.2. The van der Waals surface area contributed by atoms with Crippen molar-refractivity contribution in [3.63, 3.8) is 0 Å². The molecule has 2 saturated heterocycles. The monoisotopic (exact) mass is 516 g/mol. The van der Waals surface area contributed by atoms with Crippen LogP contribution in [-0.4, -0.2) is 94.4 Å². The van der Waals surface area contributed by atoms with Gasteiger partial charge in [-0.1, -0.05) is 18.2 Å². The fourth-order valence-corrected chi connectivity index (χ4v) is 3.76. The second kappa shape index (κ2) is 14.0. The number of halogens is 1. The van der Waals surface area contributed by atoms with E-state index >= 15 is 0 Å². The third kappa shape index (κ3) is 9.06. The third-order valence-corrected chi connectivity index (χ3v) is 5.47. The predicted molar refractivity (Wildman–Crippen MR) is 131 cm³/mol. The van der Waals surface area contributed by atoms with E-state index in [0.29, 0.717) is 5.96 Å². The predicted octanol–water partition coefficient (Wildman–Crippen LogP) is 1.44. The molecule has 0 aromatic heterocycles. The number of anilines is 1. The van der Waals surface area contributed by atoms with Gasteiger partial charge < -0.3 is 20.7 Å². The lowest BCUT2D eigenvalue weighted by molar-refractivity contribution is 0.0377. The molecule has 2 fully saturated rings. The Balaban J connectivity index is 0.00000300. The molecule has 2 aliphatic rings. The number of aliphatic imine (C=N–C) groups is 1. The van der Waals surface area contributed by atoms with E-state index in [1.54, 1.807) is 0 Å². The fraction of sp³-hybridized carbons (Fsp3) is 0.667. The number of hydrogen-bond acceptors (Lipinski definition) is 5. The van der Waals surface area contributed by atoms with Crippen molar-refractivity contribution in [2.24, 2.45) is 10.7 Å². The first-order valence-corrected chi connectivity index (χ1v) is 10.7. The Kier molecular flexibility index (Phi) is 11.7. The van der Waals surface area contributed by atoms with Gasteiger partial charge in [-0.25, -0.2) is 0 Å². The minimum atomic E-state index is 0. The molecular formula is C21H37IN6O. The van der Waals surface area contributed by atoms with Gasteiger partial charge in [0, 0.05) is 64.6 Å². The van der Waals surface area contributed by atoms with Crippen LogP contribution >= 0.6 is 24.0 Å². The number of ether oxygens (including phenoxy) is 1. The summed E-state index contributed by atoms with van der Waals surface area (Å²) in [6, 6.07) is 10.7. The van der Waals surface area contributed by atoms with Gasteiger partial charge in [0.15, 0.2) is 5.96 Å². The molecule has 2 heterocycles. The van der Waals surface area contributed by atoms with E-state index in [1.165, 1.54) is 5.69 Å². The number of nitrogens with two attached hydrogens (primary N) is 1. The number of piperazine rings is 1. The van der Waals surface area contributed by atoms with Crippen molar-refractivity contribution < 1.29 is 4.74 Å². The van der Waals surface area contributed by atoms with Crippen LogP contribution in [0.5, 0.6) is 0 Å². The largest absolute Gasteiger partial charge is 0.379 e. The topological polar surface area (TPSA) is 69.4 Å². The first-order valence-electron chi connectivity index (χ1n) is 10.7. The van der Waals surface area contributed by atoms with Gasteiger partial charge in [0.25, 0.3) is 0 Å². The Hall–Kier alpha value is -1.10. The Morgan fingerprint density at radius 1 is 0.931 bits per heavy atom. The van der Waals surface area contributed by atoms with Crippen LogP contribution in [0, 0.1) is 0 Å². The van der Waals surface area contributed by atoms with Crippen molar-refractivity contribution in [2.75, 3.05) is 83.6 Å². The van der Waals surface area contributed by atoms with Gasteiger partial charge in [-0.05, 0) is 31.5 Å². The number of nitrogens with one attached hydrogen (secondary N) is 1. The van der Waals surface area contributed by atoms with Gasteiger partial charge in [0.1, 0.15) is 0 Å². The number of guanidine groups is 1. The van der Waals surface area contributed by atoms with Crippen LogP contribution in [0.15, 0.2) is 35.3 Å². The number of para-hydroxylation sites is 1. The molecule has 0 radical (unpaired) electrons. The van der Waals surface area contributed by atoms with Crippen molar-refractivity contribution in [1.82, 2.24) is 15.1 Å². The van der Waals surface area contributed by atoms with Crippen molar-refractivity contribution in [1.29, 1.82) is 0 Å². The molecule has 0 amide bonds. The van der Waals surface area contributed by atoms with E-state index in [4.69, 9.17) is 10.5 Å². The van der Waals surface area contributed by atoms with Crippen LogP contribution in [0.1, 0.15) is 12.8 Å². The van der Waals surface area contributed by atoms with Gasteiger partial charge in [0.05, 0.1) is 13.2 Å². The summed E-state index contributed by atoms with van der Waals surface area (Å²) < 4.78 is 5.36. The highest BCUT2D eigenvalue weighted by atomic mass is 127. The van der Waals surface area contributed by atoms with Gasteiger partial charge in [0.2, 0.25) is 0 Å². The summed E-state index contributed by atoms with van der Waals surface area (Å²) in [7, 11) is 0. The van der Waals surface area contributed by atoms with Crippen molar-refractivity contribution >= 4 is 35.6 Å². The zero-order valence-electron chi connectivity index (χ0n) is 17.5. The molecule has 0 unspecified atom stereocenters. The molecule has 1 aromatic carbocycles. The summed E-state index contributed by atoms with van der Waals surface area (Å²) in [5, 5.41) is 3.25. The molecule has 164 valence electrons. The van der Waals surface area contributed by atoms with Crippen molar-refractivity contribution in [2.45, 2.75) is 12.8 Å². The average Bonchev–Trinajstić information content (AvgIpc) is 2.76. The average molecular weight is 516 g/mol. The highest BCUT2D eigenvalue weighted by Crippen LogP contribution is 2.15. The third-order valence-electron chi connectivity index (χ3n) is 5.47. The standard InChI is InChI=1S/C21H36N6O.HI/c22-21(24-9-5-11-26-16-18-28-19-17-26)23-8-4-10-25-12-14-27(15-13-25)20-6-2-1-3-7-20;/h1-3,6-7H,4-5,8-19H2,(H3,22,23,24);1H. The minimum Gasteiger partial charge on any atom is -0.379 e.